The molecule has 0 saturated carbocycles. The molecule has 0 heterocycles. The van der Waals surface area contributed by atoms with Crippen LogP contribution in [0.25, 0.3) is 0 Å². The van der Waals surface area contributed by atoms with E-state index < -0.39 is 24.0 Å². The Kier molecular flexibility index (Phi) is 12.4. The van der Waals surface area contributed by atoms with Crippen molar-refractivity contribution < 1.29 is 14.3 Å². The smallest absolute Gasteiger partial charge is 0.326 e. The SMILES string of the molecule is CCOC(=O)C(SC)C(C)=O.[B]B([B])B([B])[B]. The second kappa shape index (κ2) is 11.0. The van der Waals surface area contributed by atoms with Crippen molar-refractivity contribution in [2.24, 2.45) is 0 Å². The monoisotopic (exact) mass is 242 g/mol. The highest BCUT2D eigenvalue weighted by Gasteiger charge is 2.22. The number of hydrogen-bond acceptors (Lipinski definition) is 4. The van der Waals surface area contributed by atoms with Crippen molar-refractivity contribution in [2.75, 3.05) is 12.9 Å². The molecule has 0 spiro atoms. The van der Waals surface area contributed by atoms with Crippen LogP contribution in [0.4, 0.5) is 0 Å². The normalized spacial score (nSPS) is 10.5. The van der Waals surface area contributed by atoms with Crippen LogP contribution >= 0.6 is 11.8 Å². The quantitative estimate of drug-likeness (QED) is 0.337. The summed E-state index contributed by atoms with van der Waals surface area (Å²) in [5.41, 5.74) is 0. The van der Waals surface area contributed by atoms with E-state index in [-0.39, 0.29) is 5.78 Å². The fourth-order valence-corrected chi connectivity index (χ4v) is 1.24. The molecule has 3 nitrogen and oxygen atoms in total. The van der Waals surface area contributed by atoms with Gasteiger partial charge < -0.3 is 4.74 Å². The third-order valence-electron chi connectivity index (χ3n) is 1.55. The minimum absolute atomic E-state index is 0.157. The maximum absolute atomic E-state index is 11.0. The molecule has 1 unspecified atom stereocenters. The Bertz CT molecular complexity index is 232. The summed E-state index contributed by atoms with van der Waals surface area (Å²) in [5, 5.41) is -0.644. The highest BCUT2D eigenvalue weighted by atomic mass is 32.2. The summed E-state index contributed by atoms with van der Waals surface area (Å²) in [6.07, 6.45) is 0.526. The number of rotatable bonds is 5. The molecule has 8 radical (unpaired) electrons. The summed E-state index contributed by atoms with van der Waals surface area (Å²) < 4.78 is 4.68. The van der Waals surface area contributed by atoms with E-state index in [0.717, 1.165) is 0 Å². The van der Waals surface area contributed by atoms with Gasteiger partial charge in [-0.1, -0.05) is 0 Å². The molecule has 0 aromatic carbocycles. The predicted octanol–water partition coefficient (Wildman–Crippen LogP) is -1.41. The molecular weight excluding hydrogens is 229 g/mol. The van der Waals surface area contributed by atoms with Crippen LogP contribution in [0.3, 0.4) is 0 Å². The molecule has 0 amide bonds. The number of carbonyl (C=O) groups is 2. The Morgan fingerprint density at radius 3 is 1.82 bits per heavy atom. The van der Waals surface area contributed by atoms with Gasteiger partial charge in [-0.15, -0.1) is 11.8 Å². The standard InChI is InChI=1S/C7H12O3S.B6/c1-4-10-7(9)6(11-3)5(2)8;1-5(2)6(3)4/h6H,4H2,1-3H3;. The van der Waals surface area contributed by atoms with Crippen LogP contribution in [0.5, 0.6) is 0 Å². The molecule has 0 aliphatic carbocycles. The Morgan fingerprint density at radius 1 is 1.24 bits per heavy atom. The van der Waals surface area contributed by atoms with Gasteiger partial charge in [0.15, 0.2) is 11.0 Å². The van der Waals surface area contributed by atoms with E-state index in [4.69, 9.17) is 30.9 Å². The average molecular weight is 241 g/mol. The molecular formula is C7H12B6O3S. The largest absolute Gasteiger partial charge is 0.465 e. The van der Waals surface area contributed by atoms with Crippen LogP contribution in [0.1, 0.15) is 13.8 Å². The second-order valence-electron chi connectivity index (χ2n) is 3.13. The van der Waals surface area contributed by atoms with Crippen molar-refractivity contribution in [3.8, 4) is 0 Å². The van der Waals surface area contributed by atoms with Crippen molar-refractivity contribution >= 4 is 67.2 Å². The second-order valence-corrected chi connectivity index (χ2v) is 4.08. The first-order valence-electron chi connectivity index (χ1n) is 5.00. The molecule has 0 rings (SSSR count). The maximum Gasteiger partial charge on any atom is 0.326 e. The Hall–Kier alpha value is -0.120. The van der Waals surface area contributed by atoms with Gasteiger partial charge >= 0.3 is 5.97 Å². The average Bonchev–Trinajstić information content (AvgIpc) is 2.19. The molecule has 82 valence electrons. The van der Waals surface area contributed by atoms with Crippen LogP contribution in [-0.2, 0) is 14.3 Å². The molecule has 0 bridgehead atoms. The summed E-state index contributed by atoms with van der Waals surface area (Å²) in [6.45, 7) is 3.43. The van der Waals surface area contributed by atoms with E-state index in [2.05, 4.69) is 4.74 Å². The predicted molar refractivity (Wildman–Crippen MR) is 79.1 cm³/mol. The van der Waals surface area contributed by atoms with Crippen LogP contribution in [-0.4, -0.2) is 73.6 Å². The highest BCUT2D eigenvalue weighted by Crippen LogP contribution is 2.09. The van der Waals surface area contributed by atoms with Gasteiger partial charge in [-0.3, -0.25) is 9.59 Å². The molecule has 17 heavy (non-hydrogen) atoms. The lowest BCUT2D eigenvalue weighted by molar-refractivity contribution is -0.144. The Labute approximate surface area is 114 Å². The van der Waals surface area contributed by atoms with Gasteiger partial charge in [-0.25, -0.2) is 0 Å². The number of esters is 1. The molecule has 0 saturated heterocycles. The molecule has 10 heteroatoms. The summed E-state index contributed by atoms with van der Waals surface area (Å²) in [5.74, 6) is -0.594. The maximum atomic E-state index is 11.0. The van der Waals surface area contributed by atoms with Crippen molar-refractivity contribution in [1.29, 1.82) is 0 Å². The summed E-state index contributed by atoms with van der Waals surface area (Å²) in [6, 6.07) is 0. The number of ether oxygens (including phenoxy) is 1. The zero-order chi connectivity index (χ0) is 14.0. The van der Waals surface area contributed by atoms with E-state index in [1.165, 1.54) is 18.7 Å². The van der Waals surface area contributed by atoms with Gasteiger partial charge in [0, 0.05) is 43.7 Å². The zero-order valence-corrected chi connectivity index (χ0v) is 11.2. The molecule has 0 fully saturated rings. The van der Waals surface area contributed by atoms with Crippen LogP contribution < -0.4 is 0 Å². The van der Waals surface area contributed by atoms with Crippen LogP contribution in [0.2, 0.25) is 0 Å². The van der Waals surface area contributed by atoms with Crippen molar-refractivity contribution in [3.05, 3.63) is 0 Å². The van der Waals surface area contributed by atoms with E-state index in [1.807, 2.05) is 0 Å². The third kappa shape index (κ3) is 10.7. The minimum Gasteiger partial charge on any atom is -0.465 e. The fraction of sp³-hybridized carbons (Fsp3) is 0.714. The summed E-state index contributed by atoms with van der Waals surface area (Å²) >= 11 is 1.20. The van der Waals surface area contributed by atoms with E-state index >= 15 is 0 Å². The van der Waals surface area contributed by atoms with E-state index in [0.29, 0.717) is 6.61 Å². The fourth-order valence-electron chi connectivity index (χ4n) is 0.646. The van der Waals surface area contributed by atoms with Crippen LogP contribution in [0.15, 0.2) is 0 Å². The molecule has 0 aromatic heterocycles. The molecule has 0 N–H and O–H groups in total. The van der Waals surface area contributed by atoms with Crippen molar-refractivity contribution in [3.63, 3.8) is 0 Å². The summed E-state index contributed by atoms with van der Waals surface area (Å²) in [7, 11) is 19.9. The van der Waals surface area contributed by atoms with Gasteiger partial charge in [0.05, 0.1) is 6.61 Å². The number of Topliss-reactive ketones (excluding diaryl/α,β-unsaturated/α-hetero) is 1. The first-order valence-corrected chi connectivity index (χ1v) is 6.28. The van der Waals surface area contributed by atoms with Gasteiger partial charge in [0.2, 0.25) is 0 Å². The first-order chi connectivity index (χ1) is 7.77. The van der Waals surface area contributed by atoms with Gasteiger partial charge in [-0.05, 0) is 20.1 Å². The number of ketones is 1. The van der Waals surface area contributed by atoms with Crippen molar-refractivity contribution in [1.82, 2.24) is 0 Å². The topological polar surface area (TPSA) is 43.4 Å². The molecule has 0 aliphatic rings. The minimum atomic E-state index is -0.644. The van der Waals surface area contributed by atoms with Gasteiger partial charge in [0.25, 0.3) is 0 Å². The number of carbonyl (C=O) groups excluding carboxylic acids is 2. The first kappa shape index (κ1) is 19.2. The Balaban J connectivity index is 0. The van der Waals surface area contributed by atoms with Gasteiger partial charge in [0.1, 0.15) is 0 Å². The number of hydrogen-bond donors (Lipinski definition) is 0. The lowest BCUT2D eigenvalue weighted by atomic mass is 8.81. The van der Waals surface area contributed by atoms with E-state index in [1.54, 1.807) is 13.2 Å². The number of thioether (sulfide) groups is 1. The van der Waals surface area contributed by atoms with Crippen LogP contribution in [0, 0.1) is 0 Å². The Morgan fingerprint density at radius 2 is 1.65 bits per heavy atom. The molecule has 0 aliphatic heterocycles. The van der Waals surface area contributed by atoms with Crippen molar-refractivity contribution in [2.45, 2.75) is 19.1 Å². The third-order valence-corrected chi connectivity index (χ3v) is 2.55. The summed E-state index contributed by atoms with van der Waals surface area (Å²) in [4.78, 5) is 21.7. The molecule has 1 atom stereocenters. The highest BCUT2D eigenvalue weighted by molar-refractivity contribution is 8.00. The van der Waals surface area contributed by atoms with Gasteiger partial charge in [-0.2, -0.15) is 0 Å². The van der Waals surface area contributed by atoms with E-state index in [9.17, 15) is 9.59 Å². The lowest BCUT2D eigenvalue weighted by Crippen LogP contribution is -2.38. The zero-order valence-electron chi connectivity index (χ0n) is 10.4. The lowest BCUT2D eigenvalue weighted by Gasteiger charge is -2.08. The molecule has 0 aromatic rings.